The molecule has 58 heavy (non-hydrogen) atoms. The SMILES string of the molecule is CCCCCCCCCCCC(=O)N[C@@H](CCCN=C(N)N)C(=O)NCCCCCCCCNC(=O)[C@H](CCCN=C(N)N)NC(=O)CCCCCCCCCCC. The molecule has 0 saturated carbocycles. The third-order valence-electron chi connectivity index (χ3n) is 10.4. The summed E-state index contributed by atoms with van der Waals surface area (Å²) in [7, 11) is 0. The van der Waals surface area contributed by atoms with Gasteiger partial charge in [-0.25, -0.2) is 0 Å². The average Bonchev–Trinajstić information content (AvgIpc) is 3.19. The van der Waals surface area contributed by atoms with E-state index < -0.39 is 12.1 Å². The molecule has 2 atom stereocenters. The summed E-state index contributed by atoms with van der Waals surface area (Å²) in [6, 6.07) is -1.22. The Labute approximate surface area is 352 Å². The summed E-state index contributed by atoms with van der Waals surface area (Å²) in [5.41, 5.74) is 21.8. The fourth-order valence-corrected chi connectivity index (χ4v) is 6.90. The molecule has 0 spiro atoms. The van der Waals surface area contributed by atoms with Crippen molar-refractivity contribution in [1.29, 1.82) is 0 Å². The zero-order valence-electron chi connectivity index (χ0n) is 37.0. The average molecular weight is 821 g/mol. The van der Waals surface area contributed by atoms with E-state index in [4.69, 9.17) is 22.9 Å². The third kappa shape index (κ3) is 36.7. The molecule has 14 heteroatoms. The Bertz CT molecular complexity index is 1010. The fraction of sp³-hybridized carbons (Fsp3) is 0.864. The minimum Gasteiger partial charge on any atom is -0.370 e. The lowest BCUT2D eigenvalue weighted by atomic mass is 10.1. The van der Waals surface area contributed by atoms with Crippen LogP contribution < -0.4 is 44.2 Å². The smallest absolute Gasteiger partial charge is 0.242 e. The lowest BCUT2D eigenvalue weighted by Gasteiger charge is -2.18. The third-order valence-corrected chi connectivity index (χ3v) is 10.4. The van der Waals surface area contributed by atoms with Crippen molar-refractivity contribution in [1.82, 2.24) is 21.3 Å². The first-order valence-electron chi connectivity index (χ1n) is 23.4. The quantitative estimate of drug-likeness (QED) is 0.0192. The van der Waals surface area contributed by atoms with Crippen LogP contribution in [0.2, 0.25) is 0 Å². The Kier molecular flexibility index (Phi) is 37.7. The van der Waals surface area contributed by atoms with Crippen molar-refractivity contribution in [2.24, 2.45) is 32.9 Å². The summed E-state index contributed by atoms with van der Waals surface area (Å²) in [6.45, 7) is 6.35. The van der Waals surface area contributed by atoms with Gasteiger partial charge in [0.2, 0.25) is 23.6 Å². The summed E-state index contributed by atoms with van der Waals surface area (Å²) >= 11 is 0. The molecule has 0 aromatic rings. The number of rotatable bonds is 41. The van der Waals surface area contributed by atoms with Gasteiger partial charge in [0.25, 0.3) is 0 Å². The van der Waals surface area contributed by atoms with Crippen LogP contribution in [0.1, 0.15) is 206 Å². The monoisotopic (exact) mass is 821 g/mol. The molecule has 4 amide bonds. The predicted molar refractivity (Wildman–Crippen MR) is 241 cm³/mol. The summed E-state index contributed by atoms with van der Waals surface area (Å²) in [6.07, 6.45) is 29.9. The van der Waals surface area contributed by atoms with Crippen LogP contribution in [0.3, 0.4) is 0 Å². The summed E-state index contributed by atoms with van der Waals surface area (Å²) in [4.78, 5) is 59.5. The zero-order chi connectivity index (χ0) is 42.9. The lowest BCUT2D eigenvalue weighted by molar-refractivity contribution is -0.129. The van der Waals surface area contributed by atoms with E-state index in [1.165, 1.54) is 77.0 Å². The first kappa shape index (κ1) is 54.4. The summed E-state index contributed by atoms with van der Waals surface area (Å²) in [5, 5.41) is 11.9. The van der Waals surface area contributed by atoms with Crippen molar-refractivity contribution in [2.45, 2.75) is 219 Å². The van der Waals surface area contributed by atoms with Crippen molar-refractivity contribution >= 4 is 35.5 Å². The van der Waals surface area contributed by atoms with Gasteiger partial charge in [-0.1, -0.05) is 142 Å². The van der Waals surface area contributed by atoms with Crippen molar-refractivity contribution < 1.29 is 19.2 Å². The normalized spacial score (nSPS) is 12.0. The second-order valence-corrected chi connectivity index (χ2v) is 16.0. The van der Waals surface area contributed by atoms with Gasteiger partial charge < -0.3 is 44.2 Å². The molecular weight excluding hydrogens is 733 g/mol. The Balaban J connectivity index is 4.43. The van der Waals surface area contributed by atoms with E-state index in [0.29, 0.717) is 64.7 Å². The standard InChI is InChI=1S/C44H88N10O4/c1-3-5-7-9-11-13-15-19-23-31-39(55)53-37(29-27-35-51-43(45)46)41(57)49-33-25-21-17-18-22-26-34-50-42(58)38(30-28-36-52-44(47)48)54-40(56)32-24-20-16-14-12-10-8-6-4-2/h37-38H,3-36H2,1-2H3,(H,49,57)(H,50,58)(H,53,55)(H,54,56)(H4,45,46,51)(H4,47,48,52)/t37-,38-/m0/s1. The molecular formula is C44H88N10O4. The molecule has 338 valence electrons. The maximum Gasteiger partial charge on any atom is 0.242 e. The van der Waals surface area contributed by atoms with Gasteiger partial charge >= 0.3 is 0 Å². The number of hydrogen-bond acceptors (Lipinski definition) is 6. The van der Waals surface area contributed by atoms with Gasteiger partial charge in [-0.3, -0.25) is 29.2 Å². The Morgan fingerprint density at radius 1 is 0.414 bits per heavy atom. The van der Waals surface area contributed by atoms with E-state index in [9.17, 15) is 19.2 Å². The molecule has 0 heterocycles. The van der Waals surface area contributed by atoms with E-state index in [0.717, 1.165) is 77.0 Å². The Hall–Kier alpha value is -3.58. The highest BCUT2D eigenvalue weighted by molar-refractivity contribution is 5.88. The van der Waals surface area contributed by atoms with Crippen LogP contribution in [0.5, 0.6) is 0 Å². The van der Waals surface area contributed by atoms with E-state index >= 15 is 0 Å². The number of amides is 4. The number of nitrogens with zero attached hydrogens (tertiary/aromatic N) is 2. The zero-order valence-corrected chi connectivity index (χ0v) is 37.0. The number of unbranched alkanes of at least 4 members (excludes halogenated alkanes) is 21. The van der Waals surface area contributed by atoms with Gasteiger partial charge in [-0.05, 0) is 51.4 Å². The van der Waals surface area contributed by atoms with Crippen LogP contribution in [0.15, 0.2) is 9.98 Å². The molecule has 14 nitrogen and oxygen atoms in total. The predicted octanol–water partition coefficient (Wildman–Crippen LogP) is 6.48. The van der Waals surface area contributed by atoms with Crippen LogP contribution in [0.4, 0.5) is 0 Å². The minimum absolute atomic E-state index is 0.0149. The summed E-state index contributed by atoms with van der Waals surface area (Å²) < 4.78 is 0. The number of nitrogens with two attached hydrogens (primary N) is 4. The highest BCUT2D eigenvalue weighted by Crippen LogP contribution is 2.13. The van der Waals surface area contributed by atoms with Crippen LogP contribution in [-0.2, 0) is 19.2 Å². The number of carbonyl (C=O) groups is 4. The number of carbonyl (C=O) groups excluding carboxylic acids is 4. The molecule has 0 aromatic carbocycles. The molecule has 0 aliphatic rings. The molecule has 0 bridgehead atoms. The molecule has 12 N–H and O–H groups in total. The second kappa shape index (κ2) is 40.2. The fourth-order valence-electron chi connectivity index (χ4n) is 6.90. The van der Waals surface area contributed by atoms with E-state index in [1.807, 2.05) is 0 Å². The van der Waals surface area contributed by atoms with E-state index in [1.54, 1.807) is 0 Å². The van der Waals surface area contributed by atoms with Crippen LogP contribution in [0, 0.1) is 0 Å². The number of guanidine groups is 2. The minimum atomic E-state index is -0.610. The highest BCUT2D eigenvalue weighted by Gasteiger charge is 2.21. The maximum absolute atomic E-state index is 13.0. The number of hydrogen-bond donors (Lipinski definition) is 8. The Morgan fingerprint density at radius 2 is 0.707 bits per heavy atom. The van der Waals surface area contributed by atoms with Crippen molar-refractivity contribution in [3.8, 4) is 0 Å². The van der Waals surface area contributed by atoms with Gasteiger partial charge in [0.1, 0.15) is 12.1 Å². The van der Waals surface area contributed by atoms with Crippen molar-refractivity contribution in [2.75, 3.05) is 26.2 Å². The summed E-state index contributed by atoms with van der Waals surface area (Å²) in [5.74, 6) is -0.491. The number of nitrogens with one attached hydrogen (secondary N) is 4. The molecule has 0 saturated heterocycles. The van der Waals surface area contributed by atoms with Crippen molar-refractivity contribution in [3.05, 3.63) is 0 Å². The van der Waals surface area contributed by atoms with Gasteiger partial charge in [0, 0.05) is 39.0 Å². The molecule has 0 fully saturated rings. The van der Waals surface area contributed by atoms with Crippen LogP contribution in [0.25, 0.3) is 0 Å². The molecule has 0 rings (SSSR count). The van der Waals surface area contributed by atoms with Gasteiger partial charge in [0.05, 0.1) is 0 Å². The van der Waals surface area contributed by atoms with E-state index in [-0.39, 0.29) is 35.5 Å². The molecule has 0 aromatic heterocycles. The topological polar surface area (TPSA) is 245 Å². The lowest BCUT2D eigenvalue weighted by Crippen LogP contribution is -2.47. The van der Waals surface area contributed by atoms with Gasteiger partial charge in [-0.2, -0.15) is 0 Å². The molecule has 0 aliphatic heterocycles. The molecule has 0 unspecified atom stereocenters. The van der Waals surface area contributed by atoms with Crippen LogP contribution >= 0.6 is 0 Å². The van der Waals surface area contributed by atoms with Gasteiger partial charge in [-0.15, -0.1) is 0 Å². The first-order chi connectivity index (χ1) is 28.1. The molecule has 0 aliphatic carbocycles. The maximum atomic E-state index is 13.0. The van der Waals surface area contributed by atoms with Gasteiger partial charge in [0.15, 0.2) is 11.9 Å². The highest BCUT2D eigenvalue weighted by atomic mass is 16.2. The van der Waals surface area contributed by atoms with Crippen molar-refractivity contribution in [3.63, 3.8) is 0 Å². The Morgan fingerprint density at radius 3 is 1.02 bits per heavy atom. The molecule has 0 radical (unpaired) electrons. The van der Waals surface area contributed by atoms with Crippen LogP contribution in [-0.4, -0.2) is 73.8 Å². The second-order valence-electron chi connectivity index (χ2n) is 16.0. The first-order valence-corrected chi connectivity index (χ1v) is 23.4. The number of aliphatic imine (C=N–C) groups is 2. The van der Waals surface area contributed by atoms with E-state index in [2.05, 4.69) is 45.1 Å². The largest absolute Gasteiger partial charge is 0.370 e.